The molecule has 1 aromatic carbocycles. The highest BCUT2D eigenvalue weighted by Gasteiger charge is 1.99. The van der Waals surface area contributed by atoms with Crippen LogP contribution in [-0.4, -0.2) is 25.3 Å². The van der Waals surface area contributed by atoms with Gasteiger partial charge in [0.25, 0.3) is 0 Å². The number of carbonyl (C=O) groups excluding carboxylic acids is 1. The third-order valence-electron chi connectivity index (χ3n) is 1.73. The van der Waals surface area contributed by atoms with Crippen molar-refractivity contribution in [3.05, 3.63) is 29.8 Å². The standard InChI is InChI=1S/C10H14N2OS2.C2H6/c1-12-6-7-14-15-9-4-2-8(3-5-9)10(11)13;1-2/h2-5,12H,6-7H2,1H3,(H2,11,13);1-2H3. The lowest BCUT2D eigenvalue weighted by molar-refractivity contribution is 0.100. The summed E-state index contributed by atoms with van der Waals surface area (Å²) >= 11 is 0. The van der Waals surface area contributed by atoms with Crippen LogP contribution < -0.4 is 11.1 Å². The first kappa shape index (κ1) is 16.4. The van der Waals surface area contributed by atoms with Crippen molar-refractivity contribution in [3.8, 4) is 0 Å². The van der Waals surface area contributed by atoms with Gasteiger partial charge in [-0.1, -0.05) is 35.4 Å². The third kappa shape index (κ3) is 7.31. The van der Waals surface area contributed by atoms with E-state index in [2.05, 4.69) is 5.32 Å². The topological polar surface area (TPSA) is 55.1 Å². The second-order valence-electron chi connectivity index (χ2n) is 2.90. The smallest absolute Gasteiger partial charge is 0.248 e. The van der Waals surface area contributed by atoms with Gasteiger partial charge in [0, 0.05) is 22.8 Å². The Hall–Kier alpha value is -0.650. The Balaban J connectivity index is 0.00000121. The Morgan fingerprint density at radius 3 is 2.35 bits per heavy atom. The summed E-state index contributed by atoms with van der Waals surface area (Å²) in [6.07, 6.45) is 0. The number of nitrogens with two attached hydrogens (primary N) is 1. The lowest BCUT2D eigenvalue weighted by Gasteiger charge is -2.01. The third-order valence-corrected chi connectivity index (χ3v) is 4.11. The Labute approximate surface area is 111 Å². The van der Waals surface area contributed by atoms with Gasteiger partial charge in [-0.2, -0.15) is 0 Å². The molecule has 3 N–H and O–H groups in total. The van der Waals surface area contributed by atoms with Crippen LogP contribution in [-0.2, 0) is 0 Å². The van der Waals surface area contributed by atoms with Gasteiger partial charge >= 0.3 is 0 Å². The number of nitrogens with one attached hydrogen (secondary N) is 1. The van der Waals surface area contributed by atoms with Gasteiger partial charge in [0.2, 0.25) is 5.91 Å². The molecule has 0 spiro atoms. The SMILES string of the molecule is CC.CNCCSSc1ccc(C(N)=O)cc1. The van der Waals surface area contributed by atoms with Gasteiger partial charge in [0.1, 0.15) is 0 Å². The van der Waals surface area contributed by atoms with Crippen molar-refractivity contribution >= 4 is 27.5 Å². The molecule has 3 nitrogen and oxygen atoms in total. The molecule has 0 aliphatic heterocycles. The Kier molecular flexibility index (Phi) is 10.1. The van der Waals surface area contributed by atoms with E-state index < -0.39 is 0 Å². The molecule has 17 heavy (non-hydrogen) atoms. The van der Waals surface area contributed by atoms with Crippen molar-refractivity contribution in [2.45, 2.75) is 18.7 Å². The number of benzene rings is 1. The van der Waals surface area contributed by atoms with E-state index in [0.29, 0.717) is 5.56 Å². The molecule has 0 aromatic heterocycles. The summed E-state index contributed by atoms with van der Waals surface area (Å²) in [6.45, 7) is 5.00. The molecule has 0 radical (unpaired) electrons. The van der Waals surface area contributed by atoms with Crippen molar-refractivity contribution < 1.29 is 4.79 Å². The molecule has 1 amide bonds. The van der Waals surface area contributed by atoms with Crippen LogP contribution in [0, 0.1) is 0 Å². The van der Waals surface area contributed by atoms with Gasteiger partial charge in [-0.15, -0.1) is 0 Å². The van der Waals surface area contributed by atoms with E-state index in [9.17, 15) is 4.79 Å². The van der Waals surface area contributed by atoms with Crippen LogP contribution in [0.1, 0.15) is 24.2 Å². The average Bonchev–Trinajstić information content (AvgIpc) is 2.38. The quantitative estimate of drug-likeness (QED) is 0.617. The molecule has 5 heteroatoms. The summed E-state index contributed by atoms with van der Waals surface area (Å²) in [5.41, 5.74) is 5.70. The number of hydrogen-bond acceptors (Lipinski definition) is 4. The molecule has 1 rings (SSSR count). The van der Waals surface area contributed by atoms with Gasteiger partial charge in [-0.05, 0) is 31.3 Å². The molecule has 0 heterocycles. The summed E-state index contributed by atoms with van der Waals surface area (Å²) in [5.74, 6) is 0.674. The van der Waals surface area contributed by atoms with Crippen LogP contribution in [0.25, 0.3) is 0 Å². The molecule has 0 aliphatic carbocycles. The molecule has 0 saturated carbocycles. The van der Waals surface area contributed by atoms with E-state index in [1.165, 1.54) is 0 Å². The zero-order valence-corrected chi connectivity index (χ0v) is 12.2. The number of carbonyl (C=O) groups is 1. The van der Waals surface area contributed by atoms with Crippen molar-refractivity contribution in [3.63, 3.8) is 0 Å². The molecule has 0 fully saturated rings. The van der Waals surface area contributed by atoms with Crippen molar-refractivity contribution in [1.82, 2.24) is 5.32 Å². The normalized spacial score (nSPS) is 9.35. The maximum absolute atomic E-state index is 10.8. The molecule has 0 bridgehead atoms. The zero-order chi connectivity index (χ0) is 13.1. The highest BCUT2D eigenvalue weighted by molar-refractivity contribution is 8.76. The van der Waals surface area contributed by atoms with Gasteiger partial charge in [0.15, 0.2) is 0 Å². The van der Waals surface area contributed by atoms with Crippen LogP contribution in [0.2, 0.25) is 0 Å². The summed E-state index contributed by atoms with van der Waals surface area (Å²) < 4.78 is 0. The second-order valence-corrected chi connectivity index (χ2v) is 5.39. The van der Waals surface area contributed by atoms with Crippen LogP contribution in [0.4, 0.5) is 0 Å². The molecule has 0 atom stereocenters. The van der Waals surface area contributed by atoms with Gasteiger partial charge in [-0.3, -0.25) is 4.79 Å². The molecule has 0 unspecified atom stereocenters. The fourth-order valence-electron chi connectivity index (χ4n) is 0.928. The fraction of sp³-hybridized carbons (Fsp3) is 0.417. The van der Waals surface area contributed by atoms with Crippen molar-refractivity contribution in [2.24, 2.45) is 5.73 Å². The molecule has 96 valence electrons. The van der Waals surface area contributed by atoms with E-state index in [1.807, 2.05) is 33.0 Å². The highest BCUT2D eigenvalue weighted by Crippen LogP contribution is 2.30. The highest BCUT2D eigenvalue weighted by atomic mass is 33.1. The van der Waals surface area contributed by atoms with Gasteiger partial charge < -0.3 is 11.1 Å². The van der Waals surface area contributed by atoms with Gasteiger partial charge in [-0.25, -0.2) is 0 Å². The minimum absolute atomic E-state index is 0.380. The number of amides is 1. The molecular formula is C12H20N2OS2. The van der Waals surface area contributed by atoms with Crippen LogP contribution in [0.3, 0.4) is 0 Å². The minimum atomic E-state index is -0.380. The summed E-state index contributed by atoms with van der Waals surface area (Å²) in [6, 6.07) is 7.33. The first-order chi connectivity index (χ1) is 8.24. The lowest BCUT2D eigenvalue weighted by atomic mass is 10.2. The predicted octanol–water partition coefficient (Wildman–Crippen LogP) is 2.77. The zero-order valence-electron chi connectivity index (χ0n) is 10.5. The Bertz CT molecular complexity index is 315. The number of rotatable bonds is 6. The molecule has 1 aromatic rings. The van der Waals surface area contributed by atoms with E-state index in [0.717, 1.165) is 17.2 Å². The minimum Gasteiger partial charge on any atom is -0.366 e. The number of hydrogen-bond donors (Lipinski definition) is 2. The largest absolute Gasteiger partial charge is 0.366 e. The fourth-order valence-corrected chi connectivity index (χ4v) is 2.92. The second kappa shape index (κ2) is 10.5. The summed E-state index contributed by atoms with van der Waals surface area (Å²) in [4.78, 5) is 12.0. The maximum Gasteiger partial charge on any atom is 0.248 e. The summed E-state index contributed by atoms with van der Waals surface area (Å²) in [7, 11) is 5.43. The van der Waals surface area contributed by atoms with Crippen LogP contribution in [0.15, 0.2) is 29.2 Å². The predicted molar refractivity (Wildman–Crippen MR) is 78.5 cm³/mol. The Morgan fingerprint density at radius 1 is 1.29 bits per heavy atom. The maximum atomic E-state index is 10.8. The van der Waals surface area contributed by atoms with Crippen LogP contribution in [0.5, 0.6) is 0 Å². The van der Waals surface area contributed by atoms with E-state index in [1.54, 1.807) is 33.7 Å². The van der Waals surface area contributed by atoms with Crippen molar-refractivity contribution in [1.29, 1.82) is 0 Å². The monoisotopic (exact) mass is 272 g/mol. The number of primary amides is 1. The van der Waals surface area contributed by atoms with Gasteiger partial charge in [0.05, 0.1) is 0 Å². The van der Waals surface area contributed by atoms with Crippen LogP contribution >= 0.6 is 21.6 Å². The van der Waals surface area contributed by atoms with E-state index in [4.69, 9.17) is 5.73 Å². The first-order valence-corrected chi connectivity index (χ1v) is 7.90. The van der Waals surface area contributed by atoms with Crippen molar-refractivity contribution in [2.75, 3.05) is 19.3 Å². The summed E-state index contributed by atoms with van der Waals surface area (Å²) in [5, 5.41) is 3.08. The first-order valence-electron chi connectivity index (χ1n) is 5.58. The molecular weight excluding hydrogens is 252 g/mol. The Morgan fingerprint density at radius 2 is 1.88 bits per heavy atom. The lowest BCUT2D eigenvalue weighted by Crippen LogP contribution is -2.10. The average molecular weight is 272 g/mol. The van der Waals surface area contributed by atoms with E-state index >= 15 is 0 Å². The van der Waals surface area contributed by atoms with E-state index in [-0.39, 0.29) is 5.91 Å². The molecule has 0 saturated heterocycles. The molecule has 0 aliphatic rings.